The Labute approximate surface area is 203 Å². The van der Waals surface area contributed by atoms with E-state index in [9.17, 15) is 18.8 Å². The van der Waals surface area contributed by atoms with E-state index in [1.165, 1.54) is 53.2 Å². The van der Waals surface area contributed by atoms with E-state index in [4.69, 9.17) is 21.1 Å². The van der Waals surface area contributed by atoms with Crippen molar-refractivity contribution in [3.63, 3.8) is 0 Å². The van der Waals surface area contributed by atoms with Gasteiger partial charge in [0.1, 0.15) is 25.6 Å². The van der Waals surface area contributed by atoms with Gasteiger partial charge >= 0.3 is 0 Å². The second-order valence-corrected chi connectivity index (χ2v) is 8.34. The zero-order valence-electron chi connectivity index (χ0n) is 18.2. The maximum absolute atomic E-state index is 13.4. The third-order valence-corrected chi connectivity index (χ3v) is 5.79. The first-order valence-corrected chi connectivity index (χ1v) is 11.1. The number of carbonyl (C=O) groups excluding carboxylic acids is 2. The van der Waals surface area contributed by atoms with E-state index in [1.54, 1.807) is 18.2 Å². The molecule has 1 aromatic heterocycles. The smallest absolute Gasteiger partial charge is 0.244 e. The van der Waals surface area contributed by atoms with Gasteiger partial charge in [0, 0.05) is 28.5 Å². The molecular weight excluding hydrogens is 475 g/mol. The zero-order valence-corrected chi connectivity index (χ0v) is 19.0. The van der Waals surface area contributed by atoms with Gasteiger partial charge in [0.05, 0.1) is 16.5 Å². The van der Waals surface area contributed by atoms with Crippen LogP contribution in [-0.2, 0) is 11.3 Å². The summed E-state index contributed by atoms with van der Waals surface area (Å²) in [5.41, 5.74) is 0.499. The second kappa shape index (κ2) is 9.23. The Morgan fingerprint density at radius 1 is 0.971 bits per heavy atom. The van der Waals surface area contributed by atoms with Crippen LogP contribution in [-0.4, -0.2) is 29.5 Å². The highest BCUT2D eigenvalue weighted by Gasteiger charge is 2.22. The van der Waals surface area contributed by atoms with Crippen LogP contribution in [0, 0.1) is 5.82 Å². The van der Waals surface area contributed by atoms with Crippen LogP contribution >= 0.6 is 11.6 Å². The average Bonchev–Trinajstić information content (AvgIpc) is 2.86. The minimum absolute atomic E-state index is 0.105. The standard InChI is InChI=1S/C26H18ClFN2O5/c27-16-3-1-15(2-4-16)25(32)20-13-30(14-24(31)29-18-7-5-17(28)6-8-18)21-12-23-22(34-9-10-35-23)11-19(21)26(20)33/h1-8,11-13H,9-10,14H2,(H,29,31). The van der Waals surface area contributed by atoms with Gasteiger partial charge in [-0.05, 0) is 54.6 Å². The van der Waals surface area contributed by atoms with Crippen molar-refractivity contribution in [3.8, 4) is 11.5 Å². The fourth-order valence-electron chi connectivity index (χ4n) is 3.86. The molecule has 9 heteroatoms. The molecule has 0 fully saturated rings. The number of fused-ring (bicyclic) bond motifs is 2. The van der Waals surface area contributed by atoms with Crippen LogP contribution in [0.2, 0.25) is 5.02 Å². The Morgan fingerprint density at radius 3 is 2.31 bits per heavy atom. The Kier molecular flexibility index (Phi) is 5.96. The third-order valence-electron chi connectivity index (χ3n) is 5.54. The Hall–Kier alpha value is -4.17. The number of aromatic nitrogens is 1. The number of pyridine rings is 1. The number of halogens is 2. The van der Waals surface area contributed by atoms with Gasteiger partial charge in [-0.1, -0.05) is 11.6 Å². The maximum atomic E-state index is 13.4. The SMILES string of the molecule is O=C(Cn1cc(C(=O)c2ccc(Cl)cc2)c(=O)c2cc3c(cc21)OCCO3)Nc1ccc(F)cc1. The van der Waals surface area contributed by atoms with Crippen molar-refractivity contribution in [3.05, 3.63) is 99.1 Å². The van der Waals surface area contributed by atoms with Crippen molar-refractivity contribution in [1.82, 2.24) is 4.57 Å². The van der Waals surface area contributed by atoms with Crippen molar-refractivity contribution in [2.24, 2.45) is 0 Å². The lowest BCUT2D eigenvalue weighted by atomic mass is 10.0. The Bertz CT molecular complexity index is 1510. The van der Waals surface area contributed by atoms with Gasteiger partial charge in [-0.15, -0.1) is 0 Å². The molecule has 4 aromatic rings. The van der Waals surface area contributed by atoms with Crippen LogP contribution in [0.4, 0.5) is 10.1 Å². The molecule has 1 aliphatic heterocycles. The van der Waals surface area contributed by atoms with Gasteiger partial charge in [-0.25, -0.2) is 4.39 Å². The predicted molar refractivity (Wildman–Crippen MR) is 129 cm³/mol. The summed E-state index contributed by atoms with van der Waals surface area (Å²) >= 11 is 5.93. The average molecular weight is 493 g/mol. The summed E-state index contributed by atoms with van der Waals surface area (Å²) in [5.74, 6) is -0.531. The molecule has 176 valence electrons. The summed E-state index contributed by atoms with van der Waals surface area (Å²) in [6.45, 7) is 0.464. The lowest BCUT2D eigenvalue weighted by Gasteiger charge is -2.20. The van der Waals surface area contributed by atoms with Crippen molar-refractivity contribution >= 4 is 39.9 Å². The fourth-order valence-corrected chi connectivity index (χ4v) is 3.99. The van der Waals surface area contributed by atoms with E-state index in [0.717, 1.165) is 0 Å². The number of anilines is 1. The highest BCUT2D eigenvalue weighted by Crippen LogP contribution is 2.34. The molecule has 0 spiro atoms. The lowest BCUT2D eigenvalue weighted by Crippen LogP contribution is -2.25. The monoisotopic (exact) mass is 492 g/mol. The summed E-state index contributed by atoms with van der Waals surface area (Å²) < 4.78 is 26.0. The fraction of sp³-hybridized carbons (Fsp3) is 0.115. The molecule has 0 unspecified atom stereocenters. The number of hydrogen-bond acceptors (Lipinski definition) is 5. The summed E-state index contributed by atoms with van der Waals surface area (Å²) in [5, 5.41) is 3.35. The second-order valence-electron chi connectivity index (χ2n) is 7.90. The predicted octanol–water partition coefficient (Wildman–Crippen LogP) is 4.43. The largest absolute Gasteiger partial charge is 0.486 e. The number of carbonyl (C=O) groups is 2. The summed E-state index contributed by atoms with van der Waals surface area (Å²) in [6.07, 6.45) is 1.36. The van der Waals surface area contributed by atoms with Gasteiger partial charge in [0.25, 0.3) is 0 Å². The molecule has 1 amide bonds. The molecule has 2 heterocycles. The highest BCUT2D eigenvalue weighted by molar-refractivity contribution is 6.30. The number of benzene rings is 3. The maximum Gasteiger partial charge on any atom is 0.244 e. The number of ether oxygens (including phenoxy) is 2. The van der Waals surface area contributed by atoms with Crippen LogP contribution in [0.3, 0.4) is 0 Å². The molecule has 0 saturated heterocycles. The van der Waals surface area contributed by atoms with Gasteiger partial charge in [0.15, 0.2) is 17.3 Å². The summed E-state index contributed by atoms with van der Waals surface area (Å²) in [7, 11) is 0. The molecule has 0 aliphatic carbocycles. The summed E-state index contributed by atoms with van der Waals surface area (Å²) in [4.78, 5) is 39.4. The van der Waals surface area contributed by atoms with E-state index >= 15 is 0 Å². The minimum Gasteiger partial charge on any atom is -0.486 e. The molecule has 0 bridgehead atoms. The van der Waals surface area contributed by atoms with Crippen molar-refractivity contribution in [1.29, 1.82) is 0 Å². The first-order valence-electron chi connectivity index (χ1n) is 10.7. The molecule has 1 N–H and O–H groups in total. The molecule has 0 saturated carbocycles. The van der Waals surface area contributed by atoms with Crippen LogP contribution < -0.4 is 20.2 Å². The van der Waals surface area contributed by atoms with Gasteiger partial charge in [-0.3, -0.25) is 14.4 Å². The molecule has 3 aromatic carbocycles. The Balaban J connectivity index is 1.59. The van der Waals surface area contributed by atoms with E-state index in [0.29, 0.717) is 40.9 Å². The molecule has 0 radical (unpaired) electrons. The van der Waals surface area contributed by atoms with Gasteiger partial charge < -0.3 is 19.4 Å². The first kappa shape index (κ1) is 22.6. The van der Waals surface area contributed by atoms with E-state index < -0.39 is 22.9 Å². The van der Waals surface area contributed by atoms with E-state index in [1.807, 2.05) is 0 Å². The Morgan fingerprint density at radius 2 is 1.63 bits per heavy atom. The molecule has 5 rings (SSSR count). The quantitative estimate of drug-likeness (QED) is 0.416. The lowest BCUT2D eigenvalue weighted by molar-refractivity contribution is -0.116. The van der Waals surface area contributed by atoms with E-state index in [-0.39, 0.29) is 23.1 Å². The van der Waals surface area contributed by atoms with Crippen molar-refractivity contribution in [2.45, 2.75) is 6.54 Å². The molecule has 0 atom stereocenters. The first-order chi connectivity index (χ1) is 16.9. The van der Waals surface area contributed by atoms with Crippen molar-refractivity contribution in [2.75, 3.05) is 18.5 Å². The molecular formula is C26H18ClFN2O5. The number of rotatable bonds is 5. The number of nitrogens with one attached hydrogen (secondary N) is 1. The topological polar surface area (TPSA) is 86.6 Å². The van der Waals surface area contributed by atoms with E-state index in [2.05, 4.69) is 5.32 Å². The number of nitrogens with zero attached hydrogens (tertiary/aromatic N) is 1. The number of amides is 1. The van der Waals surface area contributed by atoms with Crippen molar-refractivity contribution < 1.29 is 23.5 Å². The normalized spacial score (nSPS) is 12.4. The van der Waals surface area contributed by atoms with Gasteiger partial charge in [-0.2, -0.15) is 0 Å². The van der Waals surface area contributed by atoms with Crippen LogP contribution in [0.15, 0.2) is 71.7 Å². The molecule has 35 heavy (non-hydrogen) atoms. The van der Waals surface area contributed by atoms with Crippen LogP contribution in [0.5, 0.6) is 11.5 Å². The van der Waals surface area contributed by atoms with Crippen LogP contribution in [0.25, 0.3) is 10.9 Å². The number of ketones is 1. The molecule has 7 nitrogen and oxygen atoms in total. The minimum atomic E-state index is -0.504. The summed E-state index contributed by atoms with van der Waals surface area (Å²) in [6, 6.07) is 14.7. The molecule has 1 aliphatic rings. The highest BCUT2D eigenvalue weighted by atomic mass is 35.5. The zero-order chi connectivity index (χ0) is 24.5. The van der Waals surface area contributed by atoms with Crippen LogP contribution in [0.1, 0.15) is 15.9 Å². The third kappa shape index (κ3) is 4.61. The van der Waals surface area contributed by atoms with Gasteiger partial charge in [0.2, 0.25) is 11.3 Å². The number of hydrogen-bond donors (Lipinski definition) is 1.